The SMILES string of the molecule is S=C=N[PH+]=S. The van der Waals surface area contributed by atoms with Crippen LogP contribution < -0.4 is 0 Å². The molecule has 0 aromatic carbocycles. The first kappa shape index (κ1) is 5.32. The first-order valence-corrected chi connectivity index (χ1v) is 3.34. The van der Waals surface area contributed by atoms with Crippen LogP contribution in [0.15, 0.2) is 4.76 Å². The first-order valence-electron chi connectivity index (χ1n) is 0.855. The van der Waals surface area contributed by atoms with Gasteiger partial charge in [0.2, 0.25) is 0 Å². The fourth-order valence-electron chi connectivity index (χ4n) is 0.0186. The maximum Gasteiger partial charge on any atom is 0.313 e. The van der Waals surface area contributed by atoms with Crippen LogP contribution in [0.25, 0.3) is 0 Å². The van der Waals surface area contributed by atoms with E-state index in [2.05, 4.69) is 33.9 Å². The summed E-state index contributed by atoms with van der Waals surface area (Å²) in [5.74, 6) is 0. The second-order valence-electron chi connectivity index (χ2n) is 0.294. The van der Waals surface area contributed by atoms with Crippen molar-refractivity contribution in [2.45, 2.75) is 0 Å². The molecule has 0 N–H and O–H groups in total. The molecule has 0 aliphatic carbocycles. The fourth-order valence-corrected chi connectivity index (χ4v) is 0.503. The molecule has 0 aliphatic rings. The molecule has 0 heterocycles. The smallest absolute Gasteiger partial charge is 0.00192 e. The summed E-state index contributed by atoms with van der Waals surface area (Å²) >= 11 is 8.56. The minimum absolute atomic E-state index is 0.151. The van der Waals surface area contributed by atoms with Gasteiger partial charge in [-0.1, -0.05) is 0 Å². The topological polar surface area (TPSA) is 12.4 Å². The summed E-state index contributed by atoms with van der Waals surface area (Å²) in [4.78, 5) is 0. The van der Waals surface area contributed by atoms with Gasteiger partial charge in [0.15, 0.2) is 11.8 Å². The van der Waals surface area contributed by atoms with Gasteiger partial charge in [0.1, 0.15) is 5.16 Å². The van der Waals surface area contributed by atoms with E-state index in [1.807, 2.05) is 0 Å². The van der Waals surface area contributed by atoms with Gasteiger partial charge in [-0.2, -0.15) is 0 Å². The molecule has 0 saturated carbocycles. The standard InChI is InChI=1S/CNPS2/c4-1-2-3-5/p+1. The first-order chi connectivity index (χ1) is 2.41. The van der Waals surface area contributed by atoms with E-state index >= 15 is 0 Å². The summed E-state index contributed by atoms with van der Waals surface area (Å²) in [6, 6.07) is 0. The van der Waals surface area contributed by atoms with Crippen molar-refractivity contribution in [1.82, 2.24) is 0 Å². The van der Waals surface area contributed by atoms with E-state index in [0.717, 1.165) is 0 Å². The highest BCUT2D eigenvalue weighted by Crippen LogP contribution is 1.86. The Morgan fingerprint density at radius 1 is 1.80 bits per heavy atom. The number of hydrogen-bond donors (Lipinski definition) is 0. The Kier molecular flexibility index (Phi) is 4.60. The molecule has 26 valence electrons. The van der Waals surface area contributed by atoms with Crippen molar-refractivity contribution in [3.8, 4) is 0 Å². The molecular formula is CHNPS2+. The second-order valence-corrected chi connectivity index (χ2v) is 1.43. The van der Waals surface area contributed by atoms with Crippen molar-refractivity contribution in [2.24, 2.45) is 4.76 Å². The number of isothiocyanates is 1. The van der Waals surface area contributed by atoms with E-state index in [9.17, 15) is 0 Å². The molecule has 5 heavy (non-hydrogen) atoms. The Morgan fingerprint density at radius 2 is 2.40 bits per heavy atom. The van der Waals surface area contributed by atoms with Gasteiger partial charge >= 0.3 is 7.51 Å². The van der Waals surface area contributed by atoms with Crippen LogP contribution in [-0.4, -0.2) is 5.16 Å². The molecule has 0 rings (SSSR count). The molecule has 0 aromatic rings. The van der Waals surface area contributed by atoms with Gasteiger partial charge in [0.05, 0.1) is 0 Å². The molecule has 1 nitrogen and oxygen atoms in total. The molecule has 0 fully saturated rings. The summed E-state index contributed by atoms with van der Waals surface area (Å²) in [6.45, 7) is 0. The number of thiocarbonyl (C=S) groups is 1. The summed E-state index contributed by atoms with van der Waals surface area (Å²) in [5, 5.41) is 2.13. The molecule has 1 atom stereocenters. The molecule has 0 amide bonds. The second kappa shape index (κ2) is 4.32. The molecule has 0 aliphatic heterocycles. The third-order valence-corrected chi connectivity index (χ3v) is 0.822. The zero-order valence-corrected chi connectivity index (χ0v) is 4.90. The predicted molar refractivity (Wildman–Crippen MR) is 30.7 cm³/mol. The molecule has 0 spiro atoms. The molecule has 4 heteroatoms. The lowest BCUT2D eigenvalue weighted by molar-refractivity contribution is 2.04. The molecular weight excluding hydrogens is 121 g/mol. The highest BCUT2D eigenvalue weighted by Gasteiger charge is 1.57. The Hall–Kier alpha value is 0.320. The zero-order chi connectivity index (χ0) is 4.12. The highest BCUT2D eigenvalue weighted by molar-refractivity contribution is 7.96. The molecule has 1 unspecified atom stereocenters. The lowest BCUT2D eigenvalue weighted by Crippen LogP contribution is -1.20. The van der Waals surface area contributed by atoms with Crippen LogP contribution in [0.4, 0.5) is 0 Å². The average Bonchev–Trinajstić information content (AvgIpc) is 1.41. The highest BCUT2D eigenvalue weighted by atomic mass is 32.4. The Bertz CT molecular complexity index is 73.7. The van der Waals surface area contributed by atoms with E-state index < -0.39 is 0 Å². The number of nitrogens with zero attached hydrogens (tertiary/aromatic N) is 1. The van der Waals surface area contributed by atoms with Crippen LogP contribution in [0.1, 0.15) is 0 Å². The van der Waals surface area contributed by atoms with Gasteiger partial charge in [0, 0.05) is 0 Å². The van der Waals surface area contributed by atoms with Crippen LogP contribution in [0.2, 0.25) is 0 Å². The number of rotatable bonds is 1. The van der Waals surface area contributed by atoms with Crippen molar-refractivity contribution < 1.29 is 0 Å². The Balaban J connectivity index is 3.31. The molecule has 0 bridgehead atoms. The van der Waals surface area contributed by atoms with Crippen LogP contribution >= 0.6 is 19.7 Å². The van der Waals surface area contributed by atoms with Crippen molar-refractivity contribution in [2.75, 3.05) is 0 Å². The fraction of sp³-hybridized carbons (Fsp3) is 0. The average molecular weight is 122 g/mol. The minimum atomic E-state index is 0.151. The van der Waals surface area contributed by atoms with Crippen LogP contribution in [0, 0.1) is 0 Å². The quantitative estimate of drug-likeness (QED) is 0.294. The van der Waals surface area contributed by atoms with Crippen LogP contribution in [0.3, 0.4) is 0 Å². The van der Waals surface area contributed by atoms with E-state index in [1.165, 1.54) is 0 Å². The van der Waals surface area contributed by atoms with Gasteiger partial charge < -0.3 is 0 Å². The van der Waals surface area contributed by atoms with Gasteiger partial charge in [-0.15, -0.1) is 0 Å². The van der Waals surface area contributed by atoms with Crippen LogP contribution in [0.5, 0.6) is 0 Å². The van der Waals surface area contributed by atoms with Crippen LogP contribution in [-0.2, 0) is 11.8 Å². The maximum atomic E-state index is 4.38. The molecule has 0 radical (unpaired) electrons. The normalized spacial score (nSPS) is 6.40. The van der Waals surface area contributed by atoms with Gasteiger partial charge in [-0.05, 0) is 17.0 Å². The third kappa shape index (κ3) is 4.32. The maximum absolute atomic E-state index is 4.38. The largest absolute Gasteiger partial charge is 0.313 e. The Morgan fingerprint density at radius 3 is 2.40 bits per heavy atom. The van der Waals surface area contributed by atoms with E-state index in [0.29, 0.717) is 0 Å². The third-order valence-electron chi connectivity index (χ3n) is 0.0913. The minimum Gasteiger partial charge on any atom is -0.00192 e. The monoisotopic (exact) mass is 122 g/mol. The van der Waals surface area contributed by atoms with Gasteiger partial charge in [-0.25, -0.2) is 0 Å². The van der Waals surface area contributed by atoms with Gasteiger partial charge in [-0.3, -0.25) is 0 Å². The van der Waals surface area contributed by atoms with Crippen molar-refractivity contribution >= 4 is 36.7 Å². The van der Waals surface area contributed by atoms with Crippen molar-refractivity contribution in [3.05, 3.63) is 0 Å². The summed E-state index contributed by atoms with van der Waals surface area (Å²) in [5.41, 5.74) is 0. The lowest BCUT2D eigenvalue weighted by atomic mass is 11.8. The van der Waals surface area contributed by atoms with Crippen molar-refractivity contribution in [3.63, 3.8) is 0 Å². The predicted octanol–water partition coefficient (Wildman–Crippen LogP) is 1.14. The molecule has 0 aromatic heterocycles. The van der Waals surface area contributed by atoms with Crippen molar-refractivity contribution in [1.29, 1.82) is 0 Å². The van der Waals surface area contributed by atoms with E-state index in [-0.39, 0.29) is 7.51 Å². The number of hydrogen-bond acceptors (Lipinski definition) is 2. The van der Waals surface area contributed by atoms with E-state index in [1.54, 1.807) is 0 Å². The zero-order valence-electron chi connectivity index (χ0n) is 2.26. The van der Waals surface area contributed by atoms with E-state index in [4.69, 9.17) is 0 Å². The van der Waals surface area contributed by atoms with Gasteiger partial charge in [0.25, 0.3) is 0 Å². The summed E-state index contributed by atoms with van der Waals surface area (Å²) in [7, 11) is 0.151. The summed E-state index contributed by atoms with van der Waals surface area (Å²) in [6.07, 6.45) is 0. The lowest BCUT2D eigenvalue weighted by Gasteiger charge is -1.29. The molecule has 0 saturated heterocycles. The Labute approximate surface area is 42.0 Å². The summed E-state index contributed by atoms with van der Waals surface area (Å²) < 4.78 is 3.38.